The van der Waals surface area contributed by atoms with Crippen LogP contribution in [0.1, 0.15) is 28.5 Å². The molecule has 0 aromatic heterocycles. The minimum atomic E-state index is -2.07. The summed E-state index contributed by atoms with van der Waals surface area (Å²) >= 11 is 0. The molecule has 2 N–H and O–H groups in total. The maximum absolute atomic E-state index is 14.0. The quantitative estimate of drug-likeness (QED) is 0.404. The van der Waals surface area contributed by atoms with Crippen LogP contribution < -0.4 is 5.32 Å². The van der Waals surface area contributed by atoms with E-state index < -0.39 is 53.4 Å². The molecule has 0 saturated carbocycles. The van der Waals surface area contributed by atoms with Crippen molar-refractivity contribution in [1.29, 1.82) is 0 Å². The standard InChI is InChI=1S/C24H17F4NO4/c25-18-9-19(26)22(28)20(21(18)27)16(23(30)31)10-29-24(32)33-11-17-14-7-3-1-5-12(14)13-6-2-4-8-15(13)17/h1-9,16-17H,10-11H2,(H,29,32)(H,30,31). The Labute approximate surface area is 185 Å². The van der Waals surface area contributed by atoms with Gasteiger partial charge in [0, 0.05) is 24.1 Å². The Morgan fingerprint density at radius 2 is 1.42 bits per heavy atom. The number of carboxylic acid groups (broad SMARTS) is 1. The Morgan fingerprint density at radius 3 is 1.94 bits per heavy atom. The van der Waals surface area contributed by atoms with E-state index >= 15 is 0 Å². The zero-order valence-corrected chi connectivity index (χ0v) is 16.9. The highest BCUT2D eigenvalue weighted by molar-refractivity contribution is 5.79. The monoisotopic (exact) mass is 459 g/mol. The number of nitrogens with one attached hydrogen (secondary N) is 1. The Kier molecular flexibility index (Phi) is 6.04. The second-order valence-corrected chi connectivity index (χ2v) is 7.48. The van der Waals surface area contributed by atoms with Gasteiger partial charge in [0.25, 0.3) is 0 Å². The summed E-state index contributed by atoms with van der Waals surface area (Å²) < 4.78 is 60.3. The third-order valence-corrected chi connectivity index (χ3v) is 5.59. The number of fused-ring (bicyclic) bond motifs is 3. The van der Waals surface area contributed by atoms with E-state index in [4.69, 9.17) is 4.74 Å². The second-order valence-electron chi connectivity index (χ2n) is 7.48. The van der Waals surface area contributed by atoms with E-state index in [2.05, 4.69) is 5.32 Å². The molecular weight excluding hydrogens is 442 g/mol. The Hall–Kier alpha value is -3.88. The van der Waals surface area contributed by atoms with Gasteiger partial charge in [-0.2, -0.15) is 0 Å². The summed E-state index contributed by atoms with van der Waals surface area (Å²) in [6.45, 7) is -0.919. The van der Waals surface area contributed by atoms with Crippen LogP contribution in [0.2, 0.25) is 0 Å². The Bertz CT molecular complexity index is 1180. The number of benzene rings is 3. The lowest BCUT2D eigenvalue weighted by molar-refractivity contribution is -0.138. The number of ether oxygens (including phenoxy) is 1. The fourth-order valence-electron chi connectivity index (χ4n) is 4.05. The molecule has 3 aromatic rings. The minimum Gasteiger partial charge on any atom is -0.481 e. The number of carbonyl (C=O) groups is 2. The first kappa shape index (κ1) is 22.3. The molecule has 0 aliphatic heterocycles. The lowest BCUT2D eigenvalue weighted by Gasteiger charge is -2.17. The topological polar surface area (TPSA) is 75.6 Å². The van der Waals surface area contributed by atoms with Crippen LogP contribution in [0.5, 0.6) is 0 Å². The molecule has 1 amide bonds. The summed E-state index contributed by atoms with van der Waals surface area (Å²) in [5, 5.41) is 11.4. The summed E-state index contributed by atoms with van der Waals surface area (Å²) in [4.78, 5) is 23.7. The first-order valence-electron chi connectivity index (χ1n) is 9.94. The zero-order chi connectivity index (χ0) is 23.7. The summed E-state index contributed by atoms with van der Waals surface area (Å²) in [7, 11) is 0. The molecule has 0 spiro atoms. The van der Waals surface area contributed by atoms with E-state index in [0.717, 1.165) is 22.3 Å². The number of carboxylic acids is 1. The molecule has 0 heterocycles. The molecule has 170 valence electrons. The van der Waals surface area contributed by atoms with Gasteiger partial charge >= 0.3 is 12.1 Å². The molecule has 0 fully saturated rings. The van der Waals surface area contributed by atoms with Gasteiger partial charge in [-0.25, -0.2) is 22.4 Å². The highest BCUT2D eigenvalue weighted by atomic mass is 19.2. The number of aliphatic carboxylic acids is 1. The summed E-state index contributed by atoms with van der Waals surface area (Å²) in [6, 6.07) is 15.2. The van der Waals surface area contributed by atoms with Gasteiger partial charge < -0.3 is 15.2 Å². The largest absolute Gasteiger partial charge is 0.481 e. The Morgan fingerprint density at radius 1 is 0.909 bits per heavy atom. The predicted octanol–water partition coefficient (Wildman–Crippen LogP) is 4.95. The first-order chi connectivity index (χ1) is 15.8. The van der Waals surface area contributed by atoms with E-state index in [0.29, 0.717) is 0 Å². The van der Waals surface area contributed by atoms with Gasteiger partial charge in [-0.15, -0.1) is 0 Å². The molecule has 5 nitrogen and oxygen atoms in total. The number of carbonyl (C=O) groups excluding carboxylic acids is 1. The number of hydrogen-bond donors (Lipinski definition) is 2. The molecule has 0 bridgehead atoms. The molecule has 0 radical (unpaired) electrons. The maximum Gasteiger partial charge on any atom is 0.407 e. The number of hydrogen-bond acceptors (Lipinski definition) is 3. The zero-order valence-electron chi connectivity index (χ0n) is 16.9. The van der Waals surface area contributed by atoms with Crippen molar-refractivity contribution in [3.8, 4) is 11.1 Å². The normalized spacial score (nSPS) is 13.2. The molecular formula is C24H17F4NO4. The van der Waals surface area contributed by atoms with Crippen LogP contribution in [0.4, 0.5) is 22.4 Å². The van der Waals surface area contributed by atoms with Crippen LogP contribution in [0.25, 0.3) is 11.1 Å². The fraction of sp³-hybridized carbons (Fsp3) is 0.167. The van der Waals surface area contributed by atoms with Crippen LogP contribution in [0, 0.1) is 23.3 Å². The third kappa shape index (κ3) is 4.13. The SMILES string of the molecule is O=C(NCC(C(=O)O)c1c(F)c(F)cc(F)c1F)OCC1c2ccccc2-c2ccccc21. The van der Waals surface area contributed by atoms with E-state index in [1.807, 2.05) is 48.5 Å². The number of alkyl carbamates (subject to hydrolysis) is 1. The highest BCUT2D eigenvalue weighted by Gasteiger charge is 2.32. The molecule has 1 unspecified atom stereocenters. The van der Waals surface area contributed by atoms with Gasteiger partial charge in [0.15, 0.2) is 23.3 Å². The molecule has 3 aromatic carbocycles. The predicted molar refractivity (Wildman–Crippen MR) is 110 cm³/mol. The number of amides is 1. The van der Waals surface area contributed by atoms with Crippen LogP contribution in [0.3, 0.4) is 0 Å². The van der Waals surface area contributed by atoms with E-state index in [1.54, 1.807) is 0 Å². The van der Waals surface area contributed by atoms with Gasteiger partial charge in [-0.3, -0.25) is 4.79 Å². The molecule has 1 aliphatic carbocycles. The van der Waals surface area contributed by atoms with Crippen molar-refractivity contribution in [3.63, 3.8) is 0 Å². The maximum atomic E-state index is 14.0. The van der Waals surface area contributed by atoms with Crippen LogP contribution in [-0.2, 0) is 9.53 Å². The number of rotatable bonds is 6. The van der Waals surface area contributed by atoms with Crippen molar-refractivity contribution in [2.75, 3.05) is 13.2 Å². The van der Waals surface area contributed by atoms with Gasteiger partial charge in [-0.1, -0.05) is 48.5 Å². The van der Waals surface area contributed by atoms with Crippen molar-refractivity contribution in [2.24, 2.45) is 0 Å². The average molecular weight is 459 g/mol. The highest BCUT2D eigenvalue weighted by Crippen LogP contribution is 2.44. The summed E-state index contributed by atoms with van der Waals surface area (Å²) in [5.74, 6) is -11.3. The molecule has 1 aliphatic rings. The van der Waals surface area contributed by atoms with Gasteiger partial charge in [0.1, 0.15) is 12.5 Å². The number of halogens is 4. The van der Waals surface area contributed by atoms with Crippen molar-refractivity contribution in [3.05, 3.63) is 94.6 Å². The van der Waals surface area contributed by atoms with Gasteiger partial charge in [0.05, 0.1) is 0 Å². The summed E-state index contributed by atoms with van der Waals surface area (Å²) in [5.41, 5.74) is 2.60. The van der Waals surface area contributed by atoms with Crippen molar-refractivity contribution < 1.29 is 37.0 Å². The van der Waals surface area contributed by atoms with Crippen LogP contribution in [0.15, 0.2) is 54.6 Å². The van der Waals surface area contributed by atoms with Crippen molar-refractivity contribution in [1.82, 2.24) is 5.32 Å². The first-order valence-corrected chi connectivity index (χ1v) is 9.94. The molecule has 1 atom stereocenters. The van der Waals surface area contributed by atoms with Gasteiger partial charge in [0.2, 0.25) is 0 Å². The van der Waals surface area contributed by atoms with Crippen LogP contribution in [-0.4, -0.2) is 30.3 Å². The van der Waals surface area contributed by atoms with Crippen molar-refractivity contribution >= 4 is 12.1 Å². The molecule has 9 heteroatoms. The van der Waals surface area contributed by atoms with E-state index in [-0.39, 0.29) is 18.6 Å². The smallest absolute Gasteiger partial charge is 0.407 e. The van der Waals surface area contributed by atoms with Crippen molar-refractivity contribution in [2.45, 2.75) is 11.8 Å². The Balaban J connectivity index is 1.46. The third-order valence-electron chi connectivity index (χ3n) is 5.59. The summed E-state index contributed by atoms with van der Waals surface area (Å²) in [6.07, 6.45) is -1.04. The molecule has 4 rings (SSSR count). The van der Waals surface area contributed by atoms with Gasteiger partial charge in [-0.05, 0) is 22.3 Å². The average Bonchev–Trinajstić information content (AvgIpc) is 3.12. The van der Waals surface area contributed by atoms with Crippen LogP contribution >= 0.6 is 0 Å². The lowest BCUT2D eigenvalue weighted by Crippen LogP contribution is -2.34. The second kappa shape index (κ2) is 8.93. The van der Waals surface area contributed by atoms with E-state index in [1.165, 1.54) is 0 Å². The minimum absolute atomic E-state index is 0.0218. The molecule has 33 heavy (non-hydrogen) atoms. The van der Waals surface area contributed by atoms with E-state index in [9.17, 15) is 32.3 Å². The lowest BCUT2D eigenvalue weighted by atomic mass is 9.97. The molecule has 0 saturated heterocycles. The fourth-order valence-corrected chi connectivity index (χ4v) is 4.05.